The maximum Gasteiger partial charge on any atom is 0.340 e. The summed E-state index contributed by atoms with van der Waals surface area (Å²) in [5, 5.41) is 0. The molecular weight excluding hydrogens is 234 g/mol. The molecule has 18 heavy (non-hydrogen) atoms. The van der Waals surface area contributed by atoms with Gasteiger partial charge in [-0.05, 0) is 12.1 Å². The molecule has 0 unspecified atom stereocenters. The van der Waals surface area contributed by atoms with Crippen LogP contribution in [0.4, 0.5) is 5.69 Å². The van der Waals surface area contributed by atoms with Gasteiger partial charge in [0.25, 0.3) is 0 Å². The molecule has 0 radical (unpaired) electrons. The second-order valence-electron chi connectivity index (χ2n) is 4.14. The average Bonchev–Trinajstić information content (AvgIpc) is 2.40. The fourth-order valence-corrected chi connectivity index (χ4v) is 1.91. The second kappa shape index (κ2) is 5.73. The van der Waals surface area contributed by atoms with Gasteiger partial charge in [0.05, 0.1) is 31.6 Å². The van der Waals surface area contributed by atoms with E-state index in [1.54, 1.807) is 18.2 Å². The van der Waals surface area contributed by atoms with Crippen molar-refractivity contribution < 1.29 is 19.0 Å². The lowest BCUT2D eigenvalue weighted by molar-refractivity contribution is -0.0158. The predicted molar refractivity (Wildman–Crippen MR) is 66.7 cm³/mol. The summed E-state index contributed by atoms with van der Waals surface area (Å²) in [5.74, 6) is 0.0785. The van der Waals surface area contributed by atoms with E-state index in [9.17, 15) is 4.79 Å². The number of para-hydroxylation sites is 1. The number of benzene rings is 1. The van der Waals surface area contributed by atoms with Crippen molar-refractivity contribution in [3.05, 3.63) is 23.8 Å². The number of methoxy groups -OCH3 is 1. The highest BCUT2D eigenvalue weighted by Gasteiger charge is 2.21. The number of anilines is 1. The van der Waals surface area contributed by atoms with Crippen LogP contribution in [0, 0.1) is 0 Å². The van der Waals surface area contributed by atoms with E-state index in [1.165, 1.54) is 7.11 Å². The quantitative estimate of drug-likeness (QED) is 0.653. The van der Waals surface area contributed by atoms with Gasteiger partial charge in [-0.2, -0.15) is 0 Å². The van der Waals surface area contributed by atoms with Gasteiger partial charge in [-0.25, -0.2) is 4.79 Å². The van der Waals surface area contributed by atoms with Crippen molar-refractivity contribution >= 4 is 11.7 Å². The fraction of sp³-hybridized carbons (Fsp3) is 0.462. The van der Waals surface area contributed by atoms with Gasteiger partial charge in [0, 0.05) is 12.8 Å². The molecule has 1 heterocycles. The van der Waals surface area contributed by atoms with Crippen LogP contribution in [0.25, 0.3) is 0 Å². The molecule has 0 saturated carbocycles. The van der Waals surface area contributed by atoms with E-state index < -0.39 is 5.97 Å². The molecule has 1 aliphatic rings. The van der Waals surface area contributed by atoms with Crippen molar-refractivity contribution in [1.29, 1.82) is 0 Å². The summed E-state index contributed by atoms with van der Waals surface area (Å²) in [6.45, 7) is 1.26. The Kier molecular flexibility index (Phi) is 4.04. The third-order valence-corrected chi connectivity index (χ3v) is 2.95. The van der Waals surface area contributed by atoms with Crippen LogP contribution in [0.2, 0.25) is 0 Å². The van der Waals surface area contributed by atoms with Crippen LogP contribution in [0.15, 0.2) is 18.2 Å². The van der Waals surface area contributed by atoms with Gasteiger partial charge in [0.1, 0.15) is 11.9 Å². The van der Waals surface area contributed by atoms with Crippen LogP contribution >= 0.6 is 0 Å². The summed E-state index contributed by atoms with van der Waals surface area (Å²) in [6, 6.07) is 5.07. The number of ether oxygens (including phenoxy) is 3. The minimum Gasteiger partial charge on any atom is -0.495 e. The zero-order valence-corrected chi connectivity index (χ0v) is 10.3. The summed E-state index contributed by atoms with van der Waals surface area (Å²) in [4.78, 5) is 12.0. The maximum atomic E-state index is 12.0. The Labute approximate surface area is 106 Å². The highest BCUT2D eigenvalue weighted by Crippen LogP contribution is 2.26. The van der Waals surface area contributed by atoms with Crippen LogP contribution in [0.3, 0.4) is 0 Å². The Morgan fingerprint density at radius 3 is 2.78 bits per heavy atom. The normalized spacial score (nSPS) is 16.3. The van der Waals surface area contributed by atoms with Crippen molar-refractivity contribution in [2.24, 2.45) is 0 Å². The van der Waals surface area contributed by atoms with Gasteiger partial charge < -0.3 is 19.9 Å². The van der Waals surface area contributed by atoms with Gasteiger partial charge in [-0.15, -0.1) is 0 Å². The number of esters is 1. The first-order valence-corrected chi connectivity index (χ1v) is 5.93. The molecule has 0 bridgehead atoms. The lowest BCUT2D eigenvalue weighted by atomic mass is 10.1. The average molecular weight is 251 g/mol. The third-order valence-electron chi connectivity index (χ3n) is 2.95. The van der Waals surface area contributed by atoms with Crippen LogP contribution in [0.1, 0.15) is 23.2 Å². The van der Waals surface area contributed by atoms with Crippen molar-refractivity contribution in [3.63, 3.8) is 0 Å². The minimum atomic E-state index is -0.404. The Morgan fingerprint density at radius 2 is 2.11 bits per heavy atom. The molecule has 1 fully saturated rings. The lowest BCUT2D eigenvalue weighted by Gasteiger charge is -2.22. The Balaban J connectivity index is 2.08. The predicted octanol–water partition coefficient (Wildman–Crippen LogP) is 1.61. The maximum absolute atomic E-state index is 12.0. The molecule has 2 N–H and O–H groups in total. The standard InChI is InChI=1S/C13H17NO4/c1-16-11-4-2-3-10(12(11)14)13(15)18-9-5-7-17-8-6-9/h2-4,9H,5-8,14H2,1H3. The number of hydrogen-bond acceptors (Lipinski definition) is 5. The van der Waals surface area contributed by atoms with Crippen LogP contribution in [-0.2, 0) is 9.47 Å². The molecule has 0 atom stereocenters. The van der Waals surface area contributed by atoms with Crippen molar-refractivity contribution in [1.82, 2.24) is 0 Å². The lowest BCUT2D eigenvalue weighted by Crippen LogP contribution is -2.26. The van der Waals surface area contributed by atoms with Crippen molar-refractivity contribution in [2.45, 2.75) is 18.9 Å². The Hall–Kier alpha value is -1.75. The van der Waals surface area contributed by atoms with Gasteiger partial charge in [-0.3, -0.25) is 0 Å². The van der Waals surface area contributed by atoms with E-state index in [2.05, 4.69) is 0 Å². The molecule has 0 aliphatic carbocycles. The third kappa shape index (κ3) is 2.73. The van der Waals surface area contributed by atoms with Crippen LogP contribution < -0.4 is 10.5 Å². The number of rotatable bonds is 3. The SMILES string of the molecule is COc1cccc(C(=O)OC2CCOCC2)c1N. The van der Waals surface area contributed by atoms with E-state index in [-0.39, 0.29) is 6.10 Å². The first-order chi connectivity index (χ1) is 8.72. The van der Waals surface area contributed by atoms with Crippen LogP contribution in [0.5, 0.6) is 5.75 Å². The van der Waals surface area contributed by atoms with E-state index in [0.717, 1.165) is 12.8 Å². The molecule has 0 spiro atoms. The second-order valence-corrected chi connectivity index (χ2v) is 4.14. The molecule has 5 nitrogen and oxygen atoms in total. The van der Waals surface area contributed by atoms with E-state index in [0.29, 0.717) is 30.2 Å². The number of nitrogens with two attached hydrogens (primary N) is 1. The first kappa shape index (κ1) is 12.7. The molecule has 5 heteroatoms. The molecule has 1 aromatic carbocycles. The van der Waals surface area contributed by atoms with E-state index >= 15 is 0 Å². The molecule has 1 aliphatic heterocycles. The van der Waals surface area contributed by atoms with E-state index in [4.69, 9.17) is 19.9 Å². The molecule has 98 valence electrons. The van der Waals surface area contributed by atoms with Gasteiger partial charge in [0.2, 0.25) is 0 Å². The fourth-order valence-electron chi connectivity index (χ4n) is 1.91. The number of carbonyl (C=O) groups is 1. The van der Waals surface area contributed by atoms with Gasteiger partial charge in [-0.1, -0.05) is 6.07 Å². The number of carbonyl (C=O) groups excluding carboxylic acids is 1. The molecule has 1 saturated heterocycles. The Morgan fingerprint density at radius 1 is 1.39 bits per heavy atom. The topological polar surface area (TPSA) is 70.8 Å². The zero-order chi connectivity index (χ0) is 13.0. The number of hydrogen-bond donors (Lipinski definition) is 1. The Bertz CT molecular complexity index is 427. The van der Waals surface area contributed by atoms with Crippen molar-refractivity contribution in [3.8, 4) is 5.75 Å². The zero-order valence-electron chi connectivity index (χ0n) is 10.3. The van der Waals surface area contributed by atoms with Crippen molar-refractivity contribution in [2.75, 3.05) is 26.1 Å². The minimum absolute atomic E-state index is 0.0862. The highest BCUT2D eigenvalue weighted by molar-refractivity contribution is 5.96. The highest BCUT2D eigenvalue weighted by atomic mass is 16.6. The summed E-state index contributed by atoms with van der Waals surface area (Å²) < 4.78 is 15.7. The summed E-state index contributed by atoms with van der Waals surface area (Å²) in [6.07, 6.45) is 1.38. The molecule has 2 rings (SSSR count). The van der Waals surface area contributed by atoms with Gasteiger partial charge >= 0.3 is 5.97 Å². The van der Waals surface area contributed by atoms with Gasteiger partial charge in [0.15, 0.2) is 0 Å². The summed E-state index contributed by atoms with van der Waals surface area (Å²) in [5.41, 5.74) is 6.51. The largest absolute Gasteiger partial charge is 0.495 e. The molecule has 0 aromatic heterocycles. The monoisotopic (exact) mass is 251 g/mol. The molecule has 1 aromatic rings. The van der Waals surface area contributed by atoms with E-state index in [1.807, 2.05) is 0 Å². The summed E-state index contributed by atoms with van der Waals surface area (Å²) >= 11 is 0. The molecule has 0 amide bonds. The summed E-state index contributed by atoms with van der Waals surface area (Å²) in [7, 11) is 1.51. The molecular formula is C13H17NO4. The van der Waals surface area contributed by atoms with Crippen LogP contribution in [-0.4, -0.2) is 32.4 Å². The number of nitrogen functional groups attached to an aromatic ring is 1. The smallest absolute Gasteiger partial charge is 0.340 e. The first-order valence-electron chi connectivity index (χ1n) is 5.93.